The van der Waals surface area contributed by atoms with E-state index in [4.69, 9.17) is 0 Å². The molecule has 0 atom stereocenters. The number of fused-ring (bicyclic) bond motifs is 18. The Hall–Kier alpha value is -6.24. The first-order valence-electron chi connectivity index (χ1n) is 22.9. The molecule has 0 aromatic heterocycles. The first-order chi connectivity index (χ1) is 29.8. The van der Waals surface area contributed by atoms with E-state index in [1.54, 1.807) is 11.1 Å². The fraction of sp³-hybridized carbons (Fsp3) is 0.200. The van der Waals surface area contributed by atoms with Crippen LogP contribution in [0.5, 0.6) is 0 Å². The summed E-state index contributed by atoms with van der Waals surface area (Å²) in [6.45, 7) is 4.67. The zero-order valence-corrected chi connectivity index (χ0v) is 34.8. The summed E-state index contributed by atoms with van der Waals surface area (Å²) in [5, 5.41) is 33.9. The number of rotatable bonds is 10. The monoisotopic (exact) mass is 768 g/mol. The largest absolute Gasteiger partial charge is 0.0654 e. The standard InChI is InChI=1S/C60H48/c1-3-5-7-9-21-35-33-34-47-48(36(35)22-10-8-6-4-2)54-46-32-20-19-31-45(46)52-42-28-16-15-27-41(42)50-39-25-13-11-23-37(39)49-38-24-12-14-26-40(38)51-43-29-17-18-30-44(43)53(47)59-57(51)55(49)56(50)58(52)60(54)59/h11-20,23-34H,3-10,21-22H2,1-2H3. The molecule has 0 heteroatoms. The van der Waals surface area contributed by atoms with Gasteiger partial charge in [-0.05, 0) is 166 Å². The van der Waals surface area contributed by atoms with Crippen molar-refractivity contribution in [2.75, 3.05) is 0 Å². The second-order valence-corrected chi connectivity index (χ2v) is 18.0. The van der Waals surface area contributed by atoms with Crippen LogP contribution in [0.2, 0.25) is 0 Å². The highest BCUT2D eigenvalue weighted by atomic mass is 14.3. The van der Waals surface area contributed by atoms with Crippen LogP contribution in [0, 0.1) is 0 Å². The van der Waals surface area contributed by atoms with Gasteiger partial charge in [-0.1, -0.05) is 186 Å². The molecular formula is C60H48. The summed E-state index contributed by atoms with van der Waals surface area (Å²) < 4.78 is 0. The zero-order chi connectivity index (χ0) is 39.6. The fourth-order valence-corrected chi connectivity index (χ4v) is 12.5. The molecule has 0 bridgehead atoms. The molecule has 0 aliphatic heterocycles. The maximum absolute atomic E-state index is 2.57. The van der Waals surface area contributed by atoms with Crippen molar-refractivity contribution in [1.82, 2.24) is 0 Å². The van der Waals surface area contributed by atoms with Gasteiger partial charge in [-0.3, -0.25) is 0 Å². The average molecular weight is 769 g/mol. The number of hydrogen-bond acceptors (Lipinski definition) is 0. The summed E-state index contributed by atoms with van der Waals surface area (Å²) in [6.07, 6.45) is 12.5. The second-order valence-electron chi connectivity index (χ2n) is 18.0. The molecule has 0 fully saturated rings. The minimum absolute atomic E-state index is 1.13. The molecule has 13 aromatic rings. The molecule has 0 heterocycles. The Morgan fingerprint density at radius 1 is 0.233 bits per heavy atom. The van der Waals surface area contributed by atoms with Gasteiger partial charge >= 0.3 is 0 Å². The van der Waals surface area contributed by atoms with Crippen molar-refractivity contribution in [3.8, 4) is 0 Å². The molecule has 0 saturated carbocycles. The third-order valence-corrected chi connectivity index (χ3v) is 14.8. The smallest absolute Gasteiger partial charge is 0.0000372 e. The van der Waals surface area contributed by atoms with Gasteiger partial charge in [-0.15, -0.1) is 0 Å². The lowest BCUT2D eigenvalue weighted by atomic mass is 9.73. The molecule has 0 N–H and O–H groups in total. The van der Waals surface area contributed by atoms with Crippen molar-refractivity contribution in [3.05, 3.63) is 145 Å². The zero-order valence-electron chi connectivity index (χ0n) is 34.8. The number of hydrogen-bond donors (Lipinski definition) is 0. The topological polar surface area (TPSA) is 0 Å². The van der Waals surface area contributed by atoms with E-state index in [-0.39, 0.29) is 0 Å². The van der Waals surface area contributed by atoms with Gasteiger partial charge in [-0.2, -0.15) is 0 Å². The van der Waals surface area contributed by atoms with E-state index in [1.165, 1.54) is 181 Å². The fourth-order valence-electron chi connectivity index (χ4n) is 12.5. The minimum atomic E-state index is 1.13. The van der Waals surface area contributed by atoms with Gasteiger partial charge in [0.25, 0.3) is 0 Å². The Kier molecular flexibility index (Phi) is 7.57. The Labute approximate surface area is 350 Å². The summed E-state index contributed by atoms with van der Waals surface area (Å²) in [4.78, 5) is 0. The van der Waals surface area contributed by atoms with E-state index in [2.05, 4.69) is 147 Å². The maximum Gasteiger partial charge on any atom is -0.0000372 e. The van der Waals surface area contributed by atoms with E-state index >= 15 is 0 Å². The van der Waals surface area contributed by atoms with E-state index in [1.807, 2.05) is 0 Å². The van der Waals surface area contributed by atoms with Crippen molar-refractivity contribution in [2.45, 2.75) is 78.1 Å². The van der Waals surface area contributed by atoms with Gasteiger partial charge in [0.1, 0.15) is 0 Å². The van der Waals surface area contributed by atoms with Gasteiger partial charge in [0, 0.05) is 0 Å². The minimum Gasteiger partial charge on any atom is -0.0654 e. The Morgan fingerprint density at radius 2 is 0.533 bits per heavy atom. The Bertz CT molecular complexity index is 3730. The van der Waals surface area contributed by atoms with Crippen LogP contribution in [0.15, 0.2) is 133 Å². The predicted molar refractivity (Wildman–Crippen MR) is 266 cm³/mol. The quantitative estimate of drug-likeness (QED) is 0.0738. The number of aryl methyl sites for hydroxylation is 2. The van der Waals surface area contributed by atoms with Gasteiger partial charge < -0.3 is 0 Å². The van der Waals surface area contributed by atoms with Gasteiger partial charge in [-0.25, -0.2) is 0 Å². The van der Waals surface area contributed by atoms with Crippen molar-refractivity contribution < 1.29 is 0 Å². The van der Waals surface area contributed by atoms with Crippen LogP contribution < -0.4 is 0 Å². The van der Waals surface area contributed by atoms with E-state index < -0.39 is 0 Å². The van der Waals surface area contributed by atoms with Gasteiger partial charge in [0.05, 0.1) is 0 Å². The van der Waals surface area contributed by atoms with Crippen LogP contribution in [-0.4, -0.2) is 0 Å². The molecule has 13 aromatic carbocycles. The Morgan fingerprint density at radius 3 is 0.883 bits per heavy atom. The third-order valence-electron chi connectivity index (χ3n) is 14.8. The summed E-state index contributed by atoms with van der Waals surface area (Å²) in [5.41, 5.74) is 3.19. The van der Waals surface area contributed by atoms with Crippen LogP contribution in [0.4, 0.5) is 0 Å². The van der Waals surface area contributed by atoms with Crippen LogP contribution in [0.3, 0.4) is 0 Å². The molecule has 0 nitrogen and oxygen atoms in total. The molecule has 0 radical (unpaired) electrons. The van der Waals surface area contributed by atoms with Crippen LogP contribution in [0.1, 0.15) is 76.3 Å². The normalized spacial score (nSPS) is 12.8. The molecule has 0 unspecified atom stereocenters. The first-order valence-corrected chi connectivity index (χ1v) is 22.9. The molecular weight excluding hydrogens is 721 g/mol. The van der Waals surface area contributed by atoms with Crippen molar-refractivity contribution in [1.29, 1.82) is 0 Å². The van der Waals surface area contributed by atoms with Crippen LogP contribution >= 0.6 is 0 Å². The lowest BCUT2D eigenvalue weighted by Gasteiger charge is -2.29. The SMILES string of the molecule is CCCCCCc1ccc2c(c1CCCCCC)c1c3ccccc3c3c4ccccc4c4c5ccccc5c5c6ccccc6c6c7ccccc7c2c2c6c5c4c3c12. The molecule has 0 amide bonds. The van der Waals surface area contributed by atoms with E-state index in [0.717, 1.165) is 12.8 Å². The number of benzene rings is 13. The lowest BCUT2D eigenvalue weighted by Crippen LogP contribution is -2.02. The molecule has 60 heavy (non-hydrogen) atoms. The molecule has 0 aliphatic carbocycles. The van der Waals surface area contributed by atoms with Gasteiger partial charge in [0.2, 0.25) is 0 Å². The van der Waals surface area contributed by atoms with Crippen molar-refractivity contribution in [2.24, 2.45) is 0 Å². The molecule has 288 valence electrons. The molecule has 0 saturated heterocycles. The summed E-state index contributed by atoms with van der Waals surface area (Å²) in [7, 11) is 0. The number of unbranched alkanes of at least 4 members (excludes halogenated alkanes) is 6. The summed E-state index contributed by atoms with van der Waals surface area (Å²) in [6, 6.07) is 52.1. The molecule has 0 spiro atoms. The highest BCUT2D eigenvalue weighted by Crippen LogP contribution is 2.59. The molecule has 13 rings (SSSR count). The highest BCUT2D eigenvalue weighted by molar-refractivity contribution is 6.60. The predicted octanol–water partition coefficient (Wildman–Crippen LogP) is 18.1. The third kappa shape index (κ3) is 4.42. The van der Waals surface area contributed by atoms with E-state index in [9.17, 15) is 0 Å². The summed E-state index contributed by atoms with van der Waals surface area (Å²) >= 11 is 0. The van der Waals surface area contributed by atoms with Crippen LogP contribution in [-0.2, 0) is 12.8 Å². The average Bonchev–Trinajstić information content (AvgIpc) is 3.30. The highest BCUT2D eigenvalue weighted by Gasteiger charge is 2.31. The summed E-state index contributed by atoms with van der Waals surface area (Å²) in [5.74, 6) is 0. The van der Waals surface area contributed by atoms with E-state index in [0.29, 0.717) is 0 Å². The maximum atomic E-state index is 2.57. The van der Waals surface area contributed by atoms with Crippen molar-refractivity contribution in [3.63, 3.8) is 0 Å². The second kappa shape index (κ2) is 13.1. The van der Waals surface area contributed by atoms with Crippen molar-refractivity contribution >= 4 is 129 Å². The Balaban J connectivity index is 1.41. The molecule has 0 aliphatic rings. The first kappa shape index (κ1) is 34.6. The van der Waals surface area contributed by atoms with Crippen LogP contribution in [0.25, 0.3) is 129 Å². The van der Waals surface area contributed by atoms with Gasteiger partial charge in [0.15, 0.2) is 0 Å². The lowest BCUT2D eigenvalue weighted by molar-refractivity contribution is 0.652.